The Morgan fingerprint density at radius 1 is 1.18 bits per heavy atom. The van der Waals surface area contributed by atoms with Gasteiger partial charge in [-0.15, -0.1) is 0 Å². The SMILES string of the molecule is COc1cc(O)c2c(c1)CC(=N/OCC(=O)N1CCCCC1)/C=C/CC/C=C/C[C@@H](C)OC2=O. The Labute approximate surface area is 200 Å². The van der Waals surface area contributed by atoms with E-state index >= 15 is 0 Å². The maximum Gasteiger partial charge on any atom is 0.342 e. The third kappa shape index (κ3) is 7.37. The standard InChI is InChI=1S/C26H34N2O6/c1-19-11-7-4-3-5-8-12-21(27-33-18-24(30)28-13-9-6-10-14-28)15-20-16-22(32-2)17-23(29)25(20)26(31)34-19/h4,7-8,12,16-17,19,29H,3,5-6,9-11,13-15,18H2,1-2H3/b7-4+,12-8+,27-21+/t19-/m1/s1. The van der Waals surface area contributed by atoms with Crippen LogP contribution in [0.3, 0.4) is 0 Å². The number of piperidine rings is 1. The molecule has 1 N–H and O–H groups in total. The molecule has 8 heteroatoms. The Morgan fingerprint density at radius 3 is 2.71 bits per heavy atom. The van der Waals surface area contributed by atoms with Gasteiger partial charge in [-0.05, 0) is 56.7 Å². The third-order valence-corrected chi connectivity index (χ3v) is 5.82. The molecule has 2 heterocycles. The zero-order chi connectivity index (χ0) is 24.3. The number of hydrogen-bond acceptors (Lipinski definition) is 7. The molecule has 1 fully saturated rings. The van der Waals surface area contributed by atoms with Gasteiger partial charge in [-0.25, -0.2) is 4.79 Å². The molecule has 0 spiro atoms. The van der Waals surface area contributed by atoms with Gasteiger partial charge in [0.05, 0.1) is 12.8 Å². The van der Waals surface area contributed by atoms with E-state index in [-0.39, 0.29) is 36.4 Å². The van der Waals surface area contributed by atoms with Gasteiger partial charge < -0.3 is 24.3 Å². The molecule has 3 rings (SSSR count). The van der Waals surface area contributed by atoms with Crippen molar-refractivity contribution < 1.29 is 29.0 Å². The van der Waals surface area contributed by atoms with Gasteiger partial charge in [0.2, 0.25) is 0 Å². The van der Waals surface area contributed by atoms with E-state index in [4.69, 9.17) is 14.3 Å². The minimum absolute atomic E-state index is 0.0687. The summed E-state index contributed by atoms with van der Waals surface area (Å²) in [5, 5.41) is 14.8. The van der Waals surface area contributed by atoms with E-state index in [9.17, 15) is 14.7 Å². The number of phenolic OH excluding ortho intramolecular Hbond substituents is 1. The van der Waals surface area contributed by atoms with Gasteiger partial charge >= 0.3 is 5.97 Å². The summed E-state index contributed by atoms with van der Waals surface area (Å²) in [7, 11) is 1.49. The molecule has 2 aliphatic heterocycles. The van der Waals surface area contributed by atoms with Crippen molar-refractivity contribution in [3.63, 3.8) is 0 Å². The lowest BCUT2D eigenvalue weighted by atomic mass is 9.99. The second kappa shape index (κ2) is 12.8. The van der Waals surface area contributed by atoms with Crippen molar-refractivity contribution in [2.24, 2.45) is 5.16 Å². The van der Waals surface area contributed by atoms with Crippen molar-refractivity contribution in [1.29, 1.82) is 0 Å². The van der Waals surface area contributed by atoms with Crippen LogP contribution in [0.4, 0.5) is 0 Å². The number of likely N-dealkylation sites (tertiary alicyclic amines) is 1. The molecular weight excluding hydrogens is 436 g/mol. The second-order valence-corrected chi connectivity index (χ2v) is 8.56. The van der Waals surface area contributed by atoms with Crippen LogP contribution in [0.1, 0.15) is 61.4 Å². The summed E-state index contributed by atoms with van der Waals surface area (Å²) in [6, 6.07) is 3.06. The lowest BCUT2D eigenvalue weighted by Gasteiger charge is -2.26. The number of amides is 1. The molecule has 34 heavy (non-hydrogen) atoms. The number of allylic oxidation sites excluding steroid dienone is 3. The topological polar surface area (TPSA) is 97.7 Å². The molecule has 8 nitrogen and oxygen atoms in total. The smallest absolute Gasteiger partial charge is 0.342 e. The van der Waals surface area contributed by atoms with Crippen LogP contribution < -0.4 is 4.74 Å². The maximum atomic E-state index is 12.9. The minimum atomic E-state index is -0.613. The van der Waals surface area contributed by atoms with Gasteiger partial charge in [-0.2, -0.15) is 0 Å². The molecule has 0 saturated carbocycles. The summed E-state index contributed by atoms with van der Waals surface area (Å²) in [4.78, 5) is 32.5. The quantitative estimate of drug-likeness (QED) is 0.403. The number of benzene rings is 1. The molecule has 184 valence electrons. The number of hydrogen-bond donors (Lipinski definition) is 1. The first-order chi connectivity index (χ1) is 16.5. The van der Waals surface area contributed by atoms with Crippen LogP contribution in [0.2, 0.25) is 0 Å². The highest BCUT2D eigenvalue weighted by Crippen LogP contribution is 2.30. The number of rotatable bonds is 4. The molecule has 0 bridgehead atoms. The lowest BCUT2D eigenvalue weighted by Crippen LogP contribution is -2.37. The number of cyclic esters (lactones) is 1. The van der Waals surface area contributed by atoms with Crippen molar-refractivity contribution in [3.8, 4) is 11.5 Å². The molecule has 0 aromatic heterocycles. The van der Waals surface area contributed by atoms with Crippen molar-refractivity contribution in [2.45, 2.75) is 58.0 Å². The van der Waals surface area contributed by atoms with E-state index in [1.165, 1.54) is 13.2 Å². The Balaban J connectivity index is 1.85. The highest BCUT2D eigenvalue weighted by Gasteiger charge is 2.23. The van der Waals surface area contributed by atoms with E-state index in [1.807, 2.05) is 31.2 Å². The van der Waals surface area contributed by atoms with E-state index in [1.54, 1.807) is 11.0 Å². The second-order valence-electron chi connectivity index (χ2n) is 8.56. The number of aromatic hydroxyl groups is 1. The molecule has 1 aromatic carbocycles. The van der Waals surface area contributed by atoms with Crippen LogP contribution >= 0.6 is 0 Å². The minimum Gasteiger partial charge on any atom is -0.507 e. The average molecular weight is 471 g/mol. The number of phenols is 1. The van der Waals surface area contributed by atoms with Crippen molar-refractivity contribution in [1.82, 2.24) is 4.90 Å². The normalized spacial score (nSPS) is 22.8. The fraction of sp³-hybridized carbons (Fsp3) is 0.500. The van der Waals surface area contributed by atoms with Crippen LogP contribution in [-0.4, -0.2) is 60.5 Å². The van der Waals surface area contributed by atoms with Gasteiger partial charge in [-0.1, -0.05) is 23.4 Å². The Hall–Kier alpha value is -3.29. The van der Waals surface area contributed by atoms with E-state index in [0.29, 0.717) is 23.4 Å². The summed E-state index contributed by atoms with van der Waals surface area (Å²) < 4.78 is 10.8. The van der Waals surface area contributed by atoms with Crippen molar-refractivity contribution in [2.75, 3.05) is 26.8 Å². The number of fused-ring (bicyclic) bond motifs is 1. The monoisotopic (exact) mass is 470 g/mol. The molecule has 1 saturated heterocycles. The van der Waals surface area contributed by atoms with Crippen LogP contribution in [0, 0.1) is 0 Å². The van der Waals surface area contributed by atoms with Gasteiger partial charge in [-0.3, -0.25) is 4.79 Å². The number of methoxy groups -OCH3 is 1. The Morgan fingerprint density at radius 2 is 1.94 bits per heavy atom. The molecule has 1 aromatic rings. The number of carbonyl (C=O) groups excluding carboxylic acids is 2. The molecule has 1 amide bonds. The summed E-state index contributed by atoms with van der Waals surface area (Å²) in [6.07, 6.45) is 13.1. The highest BCUT2D eigenvalue weighted by atomic mass is 16.6. The molecule has 0 unspecified atom stereocenters. The van der Waals surface area contributed by atoms with E-state index in [0.717, 1.165) is 45.2 Å². The number of carbonyl (C=O) groups is 2. The predicted molar refractivity (Wildman–Crippen MR) is 129 cm³/mol. The summed E-state index contributed by atoms with van der Waals surface area (Å²) in [5.41, 5.74) is 1.08. The van der Waals surface area contributed by atoms with Crippen LogP contribution in [0.25, 0.3) is 0 Å². The summed E-state index contributed by atoms with van der Waals surface area (Å²) in [5.74, 6) is -0.515. The van der Waals surface area contributed by atoms with E-state index in [2.05, 4.69) is 5.16 Å². The predicted octanol–water partition coefficient (Wildman–Crippen LogP) is 4.17. The lowest BCUT2D eigenvalue weighted by molar-refractivity contribution is -0.137. The molecule has 0 radical (unpaired) electrons. The maximum absolute atomic E-state index is 12.9. The fourth-order valence-corrected chi connectivity index (χ4v) is 3.98. The summed E-state index contributed by atoms with van der Waals surface area (Å²) >= 11 is 0. The molecule has 1 atom stereocenters. The summed E-state index contributed by atoms with van der Waals surface area (Å²) in [6.45, 7) is 3.17. The number of ether oxygens (including phenoxy) is 2. The van der Waals surface area contributed by atoms with Crippen LogP contribution in [0.5, 0.6) is 11.5 Å². The molecular formula is C26H34N2O6. The van der Waals surface area contributed by atoms with Crippen molar-refractivity contribution in [3.05, 3.63) is 47.6 Å². The number of oxime groups is 1. The first-order valence-corrected chi connectivity index (χ1v) is 11.9. The number of esters is 1. The first-order valence-electron chi connectivity index (χ1n) is 11.9. The Kier molecular flexibility index (Phi) is 9.55. The molecule has 0 aliphatic carbocycles. The zero-order valence-electron chi connectivity index (χ0n) is 20.0. The fourth-order valence-electron chi connectivity index (χ4n) is 3.98. The average Bonchev–Trinajstić information content (AvgIpc) is 2.82. The van der Waals surface area contributed by atoms with Gasteiger partial charge in [0.25, 0.3) is 5.91 Å². The van der Waals surface area contributed by atoms with Crippen LogP contribution in [-0.2, 0) is 20.8 Å². The van der Waals surface area contributed by atoms with Crippen molar-refractivity contribution >= 4 is 17.6 Å². The van der Waals surface area contributed by atoms with Gasteiger partial charge in [0.15, 0.2) is 6.61 Å². The van der Waals surface area contributed by atoms with Crippen LogP contribution in [0.15, 0.2) is 41.6 Å². The Bertz CT molecular complexity index is 947. The number of nitrogens with zero attached hydrogens (tertiary/aromatic N) is 2. The molecule has 2 aliphatic rings. The van der Waals surface area contributed by atoms with Gasteiger partial charge in [0, 0.05) is 32.0 Å². The third-order valence-electron chi connectivity index (χ3n) is 5.82. The largest absolute Gasteiger partial charge is 0.507 e. The van der Waals surface area contributed by atoms with Gasteiger partial charge in [0.1, 0.15) is 23.2 Å². The highest BCUT2D eigenvalue weighted by molar-refractivity contribution is 6.00. The van der Waals surface area contributed by atoms with E-state index < -0.39 is 5.97 Å². The first kappa shape index (κ1) is 25.3. The zero-order valence-corrected chi connectivity index (χ0v) is 20.0.